The minimum Gasteiger partial charge on any atom is -0.358 e. The lowest BCUT2D eigenvalue weighted by molar-refractivity contribution is 0.430. The lowest BCUT2D eigenvalue weighted by atomic mass is 10.1. The molecule has 0 aliphatic heterocycles. The molecule has 0 bridgehead atoms. The minimum atomic E-state index is 0.169. The Morgan fingerprint density at radius 2 is 2.00 bits per heavy atom. The molecule has 0 spiro atoms. The Labute approximate surface area is 98.1 Å². The molecule has 0 saturated carbocycles. The van der Waals surface area contributed by atoms with Crippen LogP contribution in [0.4, 0.5) is 5.82 Å². The van der Waals surface area contributed by atoms with Gasteiger partial charge in [-0.15, -0.1) is 0 Å². The molecule has 1 N–H and O–H groups in total. The first kappa shape index (κ1) is 12.9. The zero-order valence-corrected chi connectivity index (χ0v) is 10.9. The quantitative estimate of drug-likeness (QED) is 0.840. The topological polar surface area (TPSA) is 41.0 Å². The average Bonchev–Trinajstić information content (AvgIpc) is 2.15. The van der Waals surface area contributed by atoms with E-state index < -0.39 is 0 Å². The van der Waals surface area contributed by atoms with Crippen molar-refractivity contribution in [3.63, 3.8) is 0 Å². The highest BCUT2D eigenvalue weighted by Crippen LogP contribution is 2.07. The second-order valence-corrected chi connectivity index (χ2v) is 5.12. The zero-order valence-electron chi connectivity index (χ0n) is 10.9. The third-order valence-corrected chi connectivity index (χ3v) is 2.28. The summed E-state index contributed by atoms with van der Waals surface area (Å²) in [4.78, 5) is 10.5. The predicted molar refractivity (Wildman–Crippen MR) is 67.8 cm³/mol. The first-order valence-corrected chi connectivity index (χ1v) is 5.63. The Kier molecular flexibility index (Phi) is 4.24. The van der Waals surface area contributed by atoms with E-state index in [0.717, 1.165) is 24.6 Å². The van der Waals surface area contributed by atoms with E-state index in [1.54, 1.807) is 6.33 Å². The second-order valence-electron chi connectivity index (χ2n) is 5.12. The molecule has 0 atom stereocenters. The van der Waals surface area contributed by atoms with E-state index in [4.69, 9.17) is 0 Å². The van der Waals surface area contributed by atoms with Gasteiger partial charge in [0.1, 0.15) is 12.1 Å². The molecule has 16 heavy (non-hydrogen) atoms. The molecule has 1 aromatic rings. The van der Waals surface area contributed by atoms with E-state index in [1.807, 2.05) is 20.0 Å². The summed E-state index contributed by atoms with van der Waals surface area (Å²) in [5.41, 5.74) is 1.17. The molecule has 4 nitrogen and oxygen atoms in total. The molecule has 1 rings (SSSR count). The molecule has 1 heterocycles. The summed E-state index contributed by atoms with van der Waals surface area (Å²) >= 11 is 0. The molecule has 90 valence electrons. The van der Waals surface area contributed by atoms with E-state index in [2.05, 4.69) is 41.0 Å². The maximum absolute atomic E-state index is 4.24. The van der Waals surface area contributed by atoms with Gasteiger partial charge in [0.25, 0.3) is 0 Å². The fourth-order valence-corrected chi connectivity index (χ4v) is 1.36. The van der Waals surface area contributed by atoms with E-state index in [9.17, 15) is 0 Å². The molecule has 0 unspecified atom stereocenters. The van der Waals surface area contributed by atoms with Crippen LogP contribution in [0.1, 0.15) is 26.5 Å². The normalized spacial score (nSPS) is 11.6. The van der Waals surface area contributed by atoms with Crippen molar-refractivity contribution in [3.8, 4) is 0 Å². The molecular formula is C12H22N4. The molecule has 0 aliphatic rings. The van der Waals surface area contributed by atoms with E-state index in [0.29, 0.717) is 0 Å². The Bertz CT molecular complexity index is 330. The van der Waals surface area contributed by atoms with E-state index in [1.165, 1.54) is 0 Å². The largest absolute Gasteiger partial charge is 0.358 e. The minimum absolute atomic E-state index is 0.169. The van der Waals surface area contributed by atoms with Crippen LogP contribution in [0.15, 0.2) is 12.4 Å². The van der Waals surface area contributed by atoms with Gasteiger partial charge in [0.05, 0.1) is 0 Å². The molecule has 0 fully saturated rings. The number of aryl methyl sites for hydroxylation is 1. The van der Waals surface area contributed by atoms with E-state index in [-0.39, 0.29) is 5.54 Å². The summed E-state index contributed by atoms with van der Waals surface area (Å²) in [5.74, 6) is 0.975. The highest BCUT2D eigenvalue weighted by molar-refractivity contribution is 5.37. The Morgan fingerprint density at radius 1 is 1.31 bits per heavy atom. The summed E-state index contributed by atoms with van der Waals surface area (Å²) in [6.07, 6.45) is 1.61. The fraction of sp³-hybridized carbons (Fsp3) is 0.667. The second kappa shape index (κ2) is 5.25. The molecule has 1 aromatic heterocycles. The lowest BCUT2D eigenvalue weighted by Crippen LogP contribution is -2.40. The maximum Gasteiger partial charge on any atom is 0.131 e. The number of likely N-dealkylation sites (N-methyl/N-ethyl adjacent to an activating group) is 1. The van der Waals surface area contributed by atoms with Gasteiger partial charge >= 0.3 is 0 Å². The van der Waals surface area contributed by atoms with Crippen LogP contribution < -0.4 is 10.2 Å². The summed E-state index contributed by atoms with van der Waals surface area (Å²) in [5, 5.41) is 3.45. The van der Waals surface area contributed by atoms with Crippen LogP contribution in [0.3, 0.4) is 0 Å². The Hall–Kier alpha value is -1.16. The number of nitrogens with zero attached hydrogens (tertiary/aromatic N) is 3. The number of anilines is 1. The molecule has 0 aliphatic carbocycles. The number of hydrogen-bond donors (Lipinski definition) is 1. The summed E-state index contributed by atoms with van der Waals surface area (Å²) in [6, 6.07) is 2.00. The van der Waals surface area contributed by atoms with E-state index >= 15 is 0 Å². The predicted octanol–water partition coefficient (Wildman–Crippen LogP) is 1.61. The SMILES string of the molecule is Cc1cc(N(C)CCNC(C)(C)C)ncn1. The third kappa shape index (κ3) is 4.57. The van der Waals surface area contributed by atoms with Crippen molar-refractivity contribution in [2.75, 3.05) is 25.0 Å². The van der Waals surface area contributed by atoms with Crippen molar-refractivity contribution >= 4 is 5.82 Å². The number of rotatable bonds is 4. The summed E-state index contributed by atoms with van der Waals surface area (Å²) in [7, 11) is 2.05. The van der Waals surface area contributed by atoms with Gasteiger partial charge in [-0.1, -0.05) is 0 Å². The maximum atomic E-state index is 4.24. The molecule has 0 radical (unpaired) electrons. The van der Waals surface area contributed by atoms with Gasteiger partial charge in [0, 0.05) is 37.4 Å². The molecule has 0 aromatic carbocycles. The van der Waals surface area contributed by atoms with Crippen LogP contribution in [0, 0.1) is 6.92 Å². The lowest BCUT2D eigenvalue weighted by Gasteiger charge is -2.24. The van der Waals surface area contributed by atoms with Gasteiger partial charge in [-0.3, -0.25) is 0 Å². The van der Waals surface area contributed by atoms with Crippen LogP contribution in [0.2, 0.25) is 0 Å². The zero-order chi connectivity index (χ0) is 12.2. The van der Waals surface area contributed by atoms with Crippen molar-refractivity contribution in [2.24, 2.45) is 0 Å². The standard InChI is InChI=1S/C12H22N4/c1-10-8-11(14-9-13-10)16(5)7-6-15-12(2,3)4/h8-9,15H,6-7H2,1-5H3. The van der Waals surface area contributed by atoms with Crippen LogP contribution >= 0.6 is 0 Å². The van der Waals surface area contributed by atoms with Gasteiger partial charge in [0.15, 0.2) is 0 Å². The van der Waals surface area contributed by atoms with Gasteiger partial charge in [-0.25, -0.2) is 9.97 Å². The highest BCUT2D eigenvalue weighted by atomic mass is 15.2. The van der Waals surface area contributed by atoms with Crippen LogP contribution in [-0.2, 0) is 0 Å². The van der Waals surface area contributed by atoms with Gasteiger partial charge < -0.3 is 10.2 Å². The van der Waals surface area contributed by atoms with Crippen molar-refractivity contribution in [1.29, 1.82) is 0 Å². The number of hydrogen-bond acceptors (Lipinski definition) is 4. The van der Waals surface area contributed by atoms with Gasteiger partial charge in [-0.05, 0) is 27.7 Å². The number of nitrogens with one attached hydrogen (secondary N) is 1. The van der Waals surface area contributed by atoms with Crippen LogP contribution in [0.5, 0.6) is 0 Å². The first-order valence-electron chi connectivity index (χ1n) is 5.63. The van der Waals surface area contributed by atoms with Gasteiger partial charge in [0.2, 0.25) is 0 Å². The Balaban J connectivity index is 2.44. The van der Waals surface area contributed by atoms with Crippen molar-refractivity contribution in [2.45, 2.75) is 33.2 Å². The molecule has 4 heteroatoms. The van der Waals surface area contributed by atoms with Crippen molar-refractivity contribution in [3.05, 3.63) is 18.1 Å². The summed E-state index contributed by atoms with van der Waals surface area (Å²) < 4.78 is 0. The summed E-state index contributed by atoms with van der Waals surface area (Å²) in [6.45, 7) is 10.4. The fourth-order valence-electron chi connectivity index (χ4n) is 1.36. The molecular weight excluding hydrogens is 200 g/mol. The smallest absolute Gasteiger partial charge is 0.131 e. The molecule has 0 saturated heterocycles. The van der Waals surface area contributed by atoms with Crippen molar-refractivity contribution in [1.82, 2.24) is 15.3 Å². The third-order valence-electron chi connectivity index (χ3n) is 2.28. The molecule has 0 amide bonds. The number of aromatic nitrogens is 2. The van der Waals surface area contributed by atoms with Gasteiger partial charge in [-0.2, -0.15) is 0 Å². The Morgan fingerprint density at radius 3 is 2.56 bits per heavy atom. The average molecular weight is 222 g/mol. The first-order chi connectivity index (χ1) is 7.38. The van der Waals surface area contributed by atoms with Crippen LogP contribution in [0.25, 0.3) is 0 Å². The van der Waals surface area contributed by atoms with Crippen molar-refractivity contribution < 1.29 is 0 Å². The van der Waals surface area contributed by atoms with Crippen LogP contribution in [-0.4, -0.2) is 35.6 Å². The highest BCUT2D eigenvalue weighted by Gasteiger charge is 2.09. The monoisotopic (exact) mass is 222 g/mol.